The van der Waals surface area contributed by atoms with Crippen molar-refractivity contribution in [2.75, 3.05) is 13.6 Å². The third-order valence-corrected chi connectivity index (χ3v) is 2.96. The third-order valence-electron chi connectivity index (χ3n) is 2.96. The van der Waals surface area contributed by atoms with Crippen molar-refractivity contribution >= 4 is 5.84 Å². The van der Waals surface area contributed by atoms with E-state index < -0.39 is 0 Å². The van der Waals surface area contributed by atoms with Gasteiger partial charge in [-0.05, 0) is 45.7 Å². The molecule has 0 aromatic heterocycles. The lowest BCUT2D eigenvalue weighted by atomic mass is 10.2. The van der Waals surface area contributed by atoms with Gasteiger partial charge < -0.3 is 10.6 Å². The Balaban J connectivity index is 2.09. The van der Waals surface area contributed by atoms with Crippen molar-refractivity contribution < 1.29 is 0 Å². The summed E-state index contributed by atoms with van der Waals surface area (Å²) in [6.07, 6.45) is 4.56. The minimum atomic E-state index is 0.312. The van der Waals surface area contributed by atoms with Gasteiger partial charge in [-0.25, -0.2) is 0 Å². The molecule has 76 valence electrons. The van der Waals surface area contributed by atoms with E-state index in [1.54, 1.807) is 0 Å². The first-order valence-corrected chi connectivity index (χ1v) is 5.14. The molecule has 0 saturated heterocycles. The fourth-order valence-electron chi connectivity index (χ4n) is 1.66. The standard InChI is InChI=1S/C10H21N3/c1-8(9-5-6-9)13(2)7-3-4-10(11)12/h8-9H,3-7H2,1-2H3,(H3,11,12). The lowest BCUT2D eigenvalue weighted by Gasteiger charge is -2.24. The summed E-state index contributed by atoms with van der Waals surface area (Å²) in [6.45, 7) is 3.36. The third kappa shape index (κ3) is 3.77. The second-order valence-corrected chi connectivity index (χ2v) is 4.19. The number of amidine groups is 1. The van der Waals surface area contributed by atoms with Crippen LogP contribution in [0, 0.1) is 11.3 Å². The molecule has 0 heterocycles. The van der Waals surface area contributed by atoms with Gasteiger partial charge >= 0.3 is 0 Å². The average molecular weight is 183 g/mol. The normalized spacial score (nSPS) is 19.0. The Morgan fingerprint density at radius 3 is 2.69 bits per heavy atom. The van der Waals surface area contributed by atoms with Crippen LogP contribution in [0.1, 0.15) is 32.6 Å². The highest BCUT2D eigenvalue weighted by atomic mass is 15.1. The minimum absolute atomic E-state index is 0.312. The van der Waals surface area contributed by atoms with Crippen LogP contribution in [0.4, 0.5) is 0 Å². The molecule has 1 fully saturated rings. The predicted molar refractivity (Wildman–Crippen MR) is 56.0 cm³/mol. The Labute approximate surface area is 80.8 Å². The van der Waals surface area contributed by atoms with Crippen molar-refractivity contribution in [2.24, 2.45) is 11.7 Å². The molecule has 0 aromatic rings. The first-order chi connectivity index (χ1) is 6.11. The SMILES string of the molecule is CC(C1CC1)N(C)CCCC(=N)N. The van der Waals surface area contributed by atoms with Crippen LogP contribution in [-0.2, 0) is 0 Å². The Hall–Kier alpha value is -0.570. The second-order valence-electron chi connectivity index (χ2n) is 4.19. The van der Waals surface area contributed by atoms with Gasteiger partial charge in [-0.1, -0.05) is 0 Å². The molecule has 1 aliphatic carbocycles. The van der Waals surface area contributed by atoms with Crippen LogP contribution in [0.5, 0.6) is 0 Å². The van der Waals surface area contributed by atoms with E-state index in [4.69, 9.17) is 11.1 Å². The summed E-state index contributed by atoms with van der Waals surface area (Å²) in [5, 5.41) is 7.10. The molecule has 0 radical (unpaired) electrons. The Morgan fingerprint density at radius 1 is 1.62 bits per heavy atom. The topological polar surface area (TPSA) is 53.1 Å². The monoisotopic (exact) mass is 183 g/mol. The number of hydrogen-bond donors (Lipinski definition) is 2. The number of rotatable bonds is 6. The summed E-state index contributed by atoms with van der Waals surface area (Å²) in [5.74, 6) is 1.25. The number of hydrogen-bond acceptors (Lipinski definition) is 2. The number of nitrogens with two attached hydrogens (primary N) is 1. The first-order valence-electron chi connectivity index (χ1n) is 5.14. The summed E-state index contributed by atoms with van der Waals surface area (Å²) in [5.41, 5.74) is 5.29. The molecule has 1 rings (SSSR count). The maximum Gasteiger partial charge on any atom is 0.0905 e. The van der Waals surface area contributed by atoms with Gasteiger partial charge in [0.2, 0.25) is 0 Å². The Bertz CT molecular complexity index is 175. The molecule has 3 nitrogen and oxygen atoms in total. The lowest BCUT2D eigenvalue weighted by molar-refractivity contribution is 0.233. The molecule has 0 aliphatic heterocycles. The van der Waals surface area contributed by atoms with Crippen molar-refractivity contribution in [1.82, 2.24) is 4.90 Å². The molecule has 0 spiro atoms. The molecule has 1 unspecified atom stereocenters. The van der Waals surface area contributed by atoms with Crippen molar-refractivity contribution in [3.05, 3.63) is 0 Å². The maximum atomic E-state index is 7.10. The highest BCUT2D eigenvalue weighted by molar-refractivity contribution is 5.76. The molecule has 1 aliphatic rings. The van der Waals surface area contributed by atoms with Gasteiger partial charge in [-0.2, -0.15) is 0 Å². The zero-order valence-electron chi connectivity index (χ0n) is 8.71. The van der Waals surface area contributed by atoms with E-state index >= 15 is 0 Å². The summed E-state index contributed by atoms with van der Waals surface area (Å²) >= 11 is 0. The molecule has 0 aromatic carbocycles. The lowest BCUT2D eigenvalue weighted by Crippen LogP contribution is -2.32. The second kappa shape index (κ2) is 4.61. The molecule has 13 heavy (non-hydrogen) atoms. The first kappa shape index (κ1) is 10.5. The van der Waals surface area contributed by atoms with Gasteiger partial charge in [0, 0.05) is 12.5 Å². The number of nitrogens with one attached hydrogen (secondary N) is 1. The van der Waals surface area contributed by atoms with Crippen LogP contribution in [0.25, 0.3) is 0 Å². The van der Waals surface area contributed by atoms with Crippen molar-refractivity contribution in [1.29, 1.82) is 5.41 Å². The fraction of sp³-hybridized carbons (Fsp3) is 0.900. The van der Waals surface area contributed by atoms with Gasteiger partial charge in [0.05, 0.1) is 5.84 Å². The molecule has 1 atom stereocenters. The molecule has 0 amide bonds. The molecular weight excluding hydrogens is 162 g/mol. The van der Waals surface area contributed by atoms with Gasteiger partial charge in [-0.3, -0.25) is 5.41 Å². The van der Waals surface area contributed by atoms with Crippen LogP contribution in [-0.4, -0.2) is 30.4 Å². The van der Waals surface area contributed by atoms with E-state index in [1.807, 2.05) is 0 Å². The van der Waals surface area contributed by atoms with E-state index in [1.165, 1.54) is 12.8 Å². The summed E-state index contributed by atoms with van der Waals surface area (Å²) in [4.78, 5) is 2.39. The molecular formula is C10H21N3. The molecule has 3 heteroatoms. The van der Waals surface area contributed by atoms with Crippen LogP contribution in [0.3, 0.4) is 0 Å². The average Bonchev–Trinajstić information content (AvgIpc) is 2.84. The van der Waals surface area contributed by atoms with E-state index in [-0.39, 0.29) is 0 Å². The van der Waals surface area contributed by atoms with Crippen molar-refractivity contribution in [3.63, 3.8) is 0 Å². The highest BCUT2D eigenvalue weighted by Gasteiger charge is 2.29. The van der Waals surface area contributed by atoms with Crippen LogP contribution < -0.4 is 5.73 Å². The van der Waals surface area contributed by atoms with Crippen molar-refractivity contribution in [2.45, 2.75) is 38.6 Å². The Kier molecular flexibility index (Phi) is 3.72. The minimum Gasteiger partial charge on any atom is -0.388 e. The van der Waals surface area contributed by atoms with Crippen LogP contribution >= 0.6 is 0 Å². The van der Waals surface area contributed by atoms with Crippen LogP contribution in [0.15, 0.2) is 0 Å². The van der Waals surface area contributed by atoms with E-state index in [2.05, 4.69) is 18.9 Å². The summed E-state index contributed by atoms with van der Waals surface area (Å²) in [7, 11) is 2.17. The summed E-state index contributed by atoms with van der Waals surface area (Å²) < 4.78 is 0. The largest absolute Gasteiger partial charge is 0.388 e. The molecule has 0 bridgehead atoms. The van der Waals surface area contributed by atoms with Crippen LogP contribution in [0.2, 0.25) is 0 Å². The quantitative estimate of drug-likeness (QED) is 0.483. The Morgan fingerprint density at radius 2 is 2.23 bits per heavy atom. The maximum absolute atomic E-state index is 7.10. The van der Waals surface area contributed by atoms with Gasteiger partial charge in [0.25, 0.3) is 0 Å². The number of nitrogens with zero attached hydrogens (tertiary/aromatic N) is 1. The van der Waals surface area contributed by atoms with Gasteiger partial charge in [0.15, 0.2) is 0 Å². The summed E-state index contributed by atoms with van der Waals surface area (Å²) in [6, 6.07) is 0.715. The van der Waals surface area contributed by atoms with Crippen molar-refractivity contribution in [3.8, 4) is 0 Å². The van der Waals surface area contributed by atoms with Gasteiger partial charge in [0.1, 0.15) is 0 Å². The van der Waals surface area contributed by atoms with E-state index in [0.717, 1.165) is 25.3 Å². The van der Waals surface area contributed by atoms with E-state index in [0.29, 0.717) is 11.9 Å². The zero-order valence-corrected chi connectivity index (χ0v) is 8.71. The fourth-order valence-corrected chi connectivity index (χ4v) is 1.66. The zero-order chi connectivity index (χ0) is 9.84. The highest BCUT2D eigenvalue weighted by Crippen LogP contribution is 2.34. The smallest absolute Gasteiger partial charge is 0.0905 e. The predicted octanol–water partition coefficient (Wildman–Crippen LogP) is 1.43. The van der Waals surface area contributed by atoms with Gasteiger partial charge in [-0.15, -0.1) is 0 Å². The molecule has 3 N–H and O–H groups in total. The molecule has 1 saturated carbocycles. The van der Waals surface area contributed by atoms with E-state index in [9.17, 15) is 0 Å².